The lowest BCUT2D eigenvalue weighted by atomic mass is 9.75. The van der Waals surface area contributed by atoms with Crippen molar-refractivity contribution in [1.29, 1.82) is 5.26 Å². The van der Waals surface area contributed by atoms with Crippen LogP contribution in [0, 0.1) is 11.3 Å². The first kappa shape index (κ1) is 25.4. The normalized spacial score (nSPS) is 22.8. The number of carbonyl (C=O) groups is 1. The van der Waals surface area contributed by atoms with E-state index in [9.17, 15) is 31.5 Å². The number of alkyl halides is 3. The minimum absolute atomic E-state index is 0.0544. The summed E-state index contributed by atoms with van der Waals surface area (Å²) in [5, 5.41) is 18.8. The van der Waals surface area contributed by atoms with Gasteiger partial charge >= 0.3 is 6.18 Å². The van der Waals surface area contributed by atoms with Gasteiger partial charge in [0, 0.05) is 5.69 Å². The highest BCUT2D eigenvalue weighted by Gasteiger charge is 2.60. The van der Waals surface area contributed by atoms with Crippen molar-refractivity contribution in [3.63, 3.8) is 0 Å². The van der Waals surface area contributed by atoms with E-state index in [1.165, 1.54) is 42.2 Å². The van der Waals surface area contributed by atoms with Crippen molar-refractivity contribution < 1.29 is 36.2 Å². The van der Waals surface area contributed by atoms with Crippen LogP contribution in [0.2, 0.25) is 0 Å². The largest absolute Gasteiger partial charge is 0.485 e. The van der Waals surface area contributed by atoms with Crippen LogP contribution in [-0.2, 0) is 20.8 Å². The summed E-state index contributed by atoms with van der Waals surface area (Å²) in [4.78, 5) is 16.0. The summed E-state index contributed by atoms with van der Waals surface area (Å²) in [6.07, 6.45) is -5.37. The minimum atomic E-state index is -4.82. The van der Waals surface area contributed by atoms with Gasteiger partial charge in [-0.1, -0.05) is 0 Å². The van der Waals surface area contributed by atoms with Crippen molar-refractivity contribution >= 4 is 44.4 Å². The summed E-state index contributed by atoms with van der Waals surface area (Å²) < 4.78 is 72.4. The fourth-order valence-corrected chi connectivity index (χ4v) is 7.08. The molecule has 2 fully saturated rings. The van der Waals surface area contributed by atoms with Gasteiger partial charge in [0.2, 0.25) is 0 Å². The van der Waals surface area contributed by atoms with Crippen LogP contribution in [0.5, 0.6) is 5.75 Å². The van der Waals surface area contributed by atoms with E-state index in [1.54, 1.807) is 0 Å². The molecule has 0 bridgehead atoms. The Hall–Kier alpha value is -3.21. The molecule has 1 saturated heterocycles. The lowest BCUT2D eigenvalue weighted by molar-refractivity contribution is -0.137. The molecule has 3 aliphatic rings. The van der Waals surface area contributed by atoms with Gasteiger partial charge in [0.1, 0.15) is 22.3 Å². The molecular weight excluding hydrogens is 531 g/mol. The van der Waals surface area contributed by atoms with Crippen molar-refractivity contribution in [2.24, 2.45) is 0 Å². The van der Waals surface area contributed by atoms with E-state index >= 15 is 0 Å². The van der Waals surface area contributed by atoms with Crippen LogP contribution in [0.4, 0.5) is 24.5 Å². The maximum atomic E-state index is 13.6. The number of aliphatic hydroxyl groups excluding tert-OH is 1. The lowest BCUT2D eigenvalue weighted by Crippen LogP contribution is -2.55. The Morgan fingerprint density at radius 1 is 1.22 bits per heavy atom. The molecule has 194 valence electrons. The molecule has 5 rings (SSSR count). The molecule has 13 heteroatoms. The monoisotopic (exact) mass is 551 g/mol. The van der Waals surface area contributed by atoms with Crippen LogP contribution in [0.3, 0.4) is 0 Å². The fraction of sp³-hybridized carbons (Fsp3) is 0.375. The third kappa shape index (κ3) is 3.86. The molecule has 0 radical (unpaired) electrons. The zero-order valence-electron chi connectivity index (χ0n) is 19.3. The Kier molecular flexibility index (Phi) is 5.78. The zero-order chi connectivity index (χ0) is 26.9. The molecule has 2 heterocycles. The van der Waals surface area contributed by atoms with E-state index in [1.807, 2.05) is 0 Å². The highest BCUT2D eigenvalue weighted by Crippen LogP contribution is 2.49. The first-order chi connectivity index (χ1) is 17.3. The van der Waals surface area contributed by atoms with Gasteiger partial charge in [-0.25, -0.2) is 8.42 Å². The van der Waals surface area contributed by atoms with Gasteiger partial charge in [-0.2, -0.15) is 18.4 Å². The first-order valence-corrected chi connectivity index (χ1v) is 13.4. The summed E-state index contributed by atoms with van der Waals surface area (Å²) in [6, 6.07) is 8.74. The van der Waals surface area contributed by atoms with Gasteiger partial charge in [0.05, 0.1) is 34.7 Å². The molecular formula is C24H20F3N3O5S2. The molecule has 1 aliphatic carbocycles. The number of sulfone groups is 1. The third-order valence-electron chi connectivity index (χ3n) is 7.00. The number of hydrogen-bond donors (Lipinski definition) is 1. The number of aliphatic hydroxyl groups is 1. The van der Waals surface area contributed by atoms with E-state index in [0.717, 1.165) is 17.0 Å². The second-order valence-electron chi connectivity index (χ2n) is 9.29. The van der Waals surface area contributed by atoms with Crippen molar-refractivity contribution in [3.8, 4) is 11.8 Å². The van der Waals surface area contributed by atoms with Crippen molar-refractivity contribution in [3.05, 3.63) is 47.5 Å². The van der Waals surface area contributed by atoms with Crippen molar-refractivity contribution in [1.82, 2.24) is 0 Å². The molecule has 2 aliphatic heterocycles. The molecule has 1 spiro atoms. The van der Waals surface area contributed by atoms with Crippen LogP contribution in [0.1, 0.15) is 37.3 Å². The molecule has 2 aromatic carbocycles. The Morgan fingerprint density at radius 3 is 2.46 bits per heavy atom. The van der Waals surface area contributed by atoms with Gasteiger partial charge in [-0.3, -0.25) is 9.69 Å². The summed E-state index contributed by atoms with van der Waals surface area (Å²) in [7, 11) is -3.85. The van der Waals surface area contributed by atoms with Gasteiger partial charge in [-0.15, -0.1) is 0 Å². The fourth-order valence-electron chi connectivity index (χ4n) is 4.93. The van der Waals surface area contributed by atoms with Crippen molar-refractivity contribution in [2.75, 3.05) is 15.6 Å². The van der Waals surface area contributed by atoms with E-state index < -0.39 is 56.5 Å². The summed E-state index contributed by atoms with van der Waals surface area (Å²) in [6.45, 7) is 1.43. The lowest BCUT2D eigenvalue weighted by Gasteiger charge is -2.43. The highest BCUT2D eigenvalue weighted by molar-refractivity contribution is 7.91. The smallest absolute Gasteiger partial charge is 0.417 e. The summed E-state index contributed by atoms with van der Waals surface area (Å²) in [5.41, 5.74) is -2.79. The molecule has 0 aromatic heterocycles. The van der Waals surface area contributed by atoms with E-state index in [-0.39, 0.29) is 27.1 Å². The molecule has 2 atom stereocenters. The summed E-state index contributed by atoms with van der Waals surface area (Å²) >= 11 is 5.59. The number of nitrogens with zero attached hydrogens (tertiary/aromatic N) is 3. The number of amides is 1. The molecule has 37 heavy (non-hydrogen) atoms. The van der Waals surface area contributed by atoms with Crippen LogP contribution >= 0.6 is 12.2 Å². The van der Waals surface area contributed by atoms with Crippen LogP contribution in [0.15, 0.2) is 41.3 Å². The molecule has 2 aromatic rings. The average molecular weight is 552 g/mol. The number of thiocarbonyl (C=S) groups is 1. The van der Waals surface area contributed by atoms with Crippen LogP contribution in [-0.4, -0.2) is 48.0 Å². The zero-order valence-corrected chi connectivity index (χ0v) is 21.0. The number of carbonyl (C=O) groups excluding carboxylic acids is 1. The molecule has 8 nitrogen and oxygen atoms in total. The van der Waals surface area contributed by atoms with Gasteiger partial charge in [0.25, 0.3) is 5.91 Å². The number of fused-ring (bicyclic) bond motifs is 1. The van der Waals surface area contributed by atoms with Crippen LogP contribution in [0.25, 0.3) is 0 Å². The van der Waals surface area contributed by atoms with Crippen molar-refractivity contribution in [2.45, 2.75) is 55.0 Å². The molecule has 1 saturated carbocycles. The number of halogens is 3. The molecule has 1 amide bonds. The first-order valence-electron chi connectivity index (χ1n) is 11.3. The number of benzene rings is 2. The number of anilines is 2. The van der Waals surface area contributed by atoms with E-state index in [2.05, 4.69) is 0 Å². The average Bonchev–Trinajstić information content (AvgIpc) is 3.04. The maximum absolute atomic E-state index is 13.6. The number of nitriles is 1. The Labute approximate surface area is 215 Å². The number of ether oxygens (including phenoxy) is 1. The Morgan fingerprint density at radius 2 is 1.89 bits per heavy atom. The third-order valence-corrected chi connectivity index (χ3v) is 9.12. The highest BCUT2D eigenvalue weighted by atomic mass is 32.2. The molecule has 1 N–H and O–H groups in total. The second kappa shape index (κ2) is 8.41. The quantitative estimate of drug-likeness (QED) is 0.577. The SMILES string of the molecule is C[C@H](O)[C@H]1CS(=O)(=O)c2cc(N3C(=S)N(c4ccc(C#N)c(C(F)(F)F)c4)C(=O)C34CCC4)ccc2O1. The minimum Gasteiger partial charge on any atom is -0.485 e. The predicted molar refractivity (Wildman–Crippen MR) is 130 cm³/mol. The van der Waals surface area contributed by atoms with Gasteiger partial charge < -0.3 is 14.7 Å². The predicted octanol–water partition coefficient (Wildman–Crippen LogP) is 3.55. The standard InChI is InChI=1S/C24H20F3N3O5S2/c1-13(31)19-12-37(33,34)20-10-16(5-6-18(20)35-19)30-22(36)29(21(32)23(30)7-2-8-23)15-4-3-14(11-28)17(9-15)24(25,26)27/h3-6,9-10,13,19,31H,2,7-8,12H2,1H3/t13-,19+/m0/s1. The van der Waals surface area contributed by atoms with Gasteiger partial charge in [-0.05, 0) is 74.8 Å². The van der Waals surface area contributed by atoms with Gasteiger partial charge in [0.15, 0.2) is 14.9 Å². The second-order valence-corrected chi connectivity index (χ2v) is 11.7. The van der Waals surface area contributed by atoms with E-state index in [4.69, 9.17) is 22.2 Å². The topological polar surface area (TPSA) is 111 Å². The van der Waals surface area contributed by atoms with Crippen LogP contribution < -0.4 is 14.5 Å². The molecule has 0 unspecified atom stereocenters. The summed E-state index contributed by atoms with van der Waals surface area (Å²) in [5.74, 6) is -0.904. The number of rotatable bonds is 3. The number of hydrogen-bond acceptors (Lipinski definition) is 7. The maximum Gasteiger partial charge on any atom is 0.417 e. The Bertz CT molecular complexity index is 1480. The Balaban J connectivity index is 1.59. The van der Waals surface area contributed by atoms with E-state index in [0.29, 0.717) is 19.3 Å².